The molecule has 0 spiro atoms. The topological polar surface area (TPSA) is 114 Å². The lowest BCUT2D eigenvalue weighted by Crippen LogP contribution is -2.38. The first-order chi connectivity index (χ1) is 13.3. The molecule has 148 valence electrons. The number of thioether (sulfide) groups is 1. The number of esters is 1. The van der Waals surface area contributed by atoms with Crippen LogP contribution in [0.3, 0.4) is 0 Å². The average Bonchev–Trinajstić information content (AvgIpc) is 3.14. The first-order valence-corrected chi connectivity index (χ1v) is 9.62. The van der Waals surface area contributed by atoms with Crippen molar-refractivity contribution in [2.45, 2.75) is 38.5 Å². The van der Waals surface area contributed by atoms with E-state index >= 15 is 0 Å². The van der Waals surface area contributed by atoms with Crippen LogP contribution in [0.5, 0.6) is 0 Å². The second kappa shape index (κ2) is 9.85. The molecule has 0 aliphatic carbocycles. The zero-order valence-corrected chi connectivity index (χ0v) is 17.1. The number of aromatic nitrogens is 4. The lowest BCUT2D eigenvalue weighted by Gasteiger charge is -2.20. The Balaban J connectivity index is 1.95. The standard InChI is InChI=1S/C18H22N6O3S/c1-12-6-7-13(2)15(10-12)24-18(20-21-22-24)28-11-16(25)27-14(3)17(26)23(4)9-5-8-19/h6-7,10,14H,5,9,11H2,1-4H3/t14-/m0/s1. The lowest BCUT2D eigenvalue weighted by atomic mass is 10.1. The maximum Gasteiger partial charge on any atom is 0.317 e. The summed E-state index contributed by atoms with van der Waals surface area (Å²) in [5, 5.41) is 20.7. The number of carbonyl (C=O) groups excluding carboxylic acids is 2. The lowest BCUT2D eigenvalue weighted by molar-refractivity contribution is -0.156. The minimum atomic E-state index is -0.924. The fraction of sp³-hybridized carbons (Fsp3) is 0.444. The van der Waals surface area contributed by atoms with E-state index in [0.717, 1.165) is 28.6 Å². The molecule has 0 unspecified atom stereocenters. The molecule has 9 nitrogen and oxygen atoms in total. The Bertz CT molecular complexity index is 892. The molecule has 0 aliphatic heterocycles. The van der Waals surface area contributed by atoms with Crippen LogP contribution in [0.1, 0.15) is 24.5 Å². The van der Waals surface area contributed by atoms with Crippen LogP contribution >= 0.6 is 11.8 Å². The maximum absolute atomic E-state index is 12.1. The number of amides is 1. The number of carbonyl (C=O) groups is 2. The third-order valence-corrected chi connectivity index (χ3v) is 4.84. The second-order valence-corrected chi connectivity index (χ2v) is 7.19. The highest BCUT2D eigenvalue weighted by molar-refractivity contribution is 7.99. The summed E-state index contributed by atoms with van der Waals surface area (Å²) in [4.78, 5) is 25.6. The van der Waals surface area contributed by atoms with E-state index in [-0.39, 0.29) is 24.6 Å². The molecule has 0 saturated carbocycles. The van der Waals surface area contributed by atoms with Gasteiger partial charge in [0.2, 0.25) is 5.16 Å². The van der Waals surface area contributed by atoms with Crippen LogP contribution in [-0.4, -0.2) is 62.4 Å². The second-order valence-electron chi connectivity index (χ2n) is 6.25. The SMILES string of the molecule is Cc1ccc(C)c(-n2nnnc2SCC(=O)O[C@@H](C)C(=O)N(C)CCC#N)c1. The molecular formula is C18H22N6O3S. The van der Waals surface area contributed by atoms with Crippen LogP contribution in [0, 0.1) is 25.2 Å². The van der Waals surface area contributed by atoms with Crippen molar-refractivity contribution in [1.29, 1.82) is 5.26 Å². The van der Waals surface area contributed by atoms with Gasteiger partial charge in [0.15, 0.2) is 6.10 Å². The van der Waals surface area contributed by atoms with Crippen molar-refractivity contribution in [3.63, 3.8) is 0 Å². The monoisotopic (exact) mass is 402 g/mol. The molecule has 0 fully saturated rings. The average molecular weight is 402 g/mol. The van der Waals surface area contributed by atoms with E-state index in [4.69, 9.17) is 10.00 Å². The Labute approximate surface area is 167 Å². The van der Waals surface area contributed by atoms with Crippen molar-refractivity contribution in [2.24, 2.45) is 0 Å². The normalized spacial score (nSPS) is 11.5. The number of benzene rings is 1. The van der Waals surface area contributed by atoms with Crippen LogP contribution < -0.4 is 0 Å². The molecule has 1 heterocycles. The Morgan fingerprint density at radius 1 is 1.39 bits per heavy atom. The Hall–Kier alpha value is -2.93. The van der Waals surface area contributed by atoms with E-state index in [9.17, 15) is 9.59 Å². The van der Waals surface area contributed by atoms with Gasteiger partial charge >= 0.3 is 5.97 Å². The van der Waals surface area contributed by atoms with Crippen molar-refractivity contribution in [3.05, 3.63) is 29.3 Å². The van der Waals surface area contributed by atoms with Gasteiger partial charge in [-0.15, -0.1) is 5.10 Å². The third-order valence-electron chi connectivity index (χ3n) is 3.94. The summed E-state index contributed by atoms with van der Waals surface area (Å²) in [6.45, 7) is 5.73. The third kappa shape index (κ3) is 5.53. The van der Waals surface area contributed by atoms with Crippen LogP contribution in [0.15, 0.2) is 23.4 Å². The number of nitrogens with zero attached hydrogens (tertiary/aromatic N) is 6. The van der Waals surface area contributed by atoms with Gasteiger partial charge in [0, 0.05) is 13.6 Å². The minimum Gasteiger partial charge on any atom is -0.452 e. The largest absolute Gasteiger partial charge is 0.452 e. The van der Waals surface area contributed by atoms with Gasteiger partial charge in [-0.3, -0.25) is 9.59 Å². The van der Waals surface area contributed by atoms with Gasteiger partial charge < -0.3 is 9.64 Å². The molecule has 0 aliphatic rings. The summed E-state index contributed by atoms with van der Waals surface area (Å²) in [6, 6.07) is 7.91. The van der Waals surface area contributed by atoms with Gasteiger partial charge in [-0.25, -0.2) is 0 Å². The molecule has 0 radical (unpaired) electrons. The van der Waals surface area contributed by atoms with E-state index in [1.807, 2.05) is 38.1 Å². The van der Waals surface area contributed by atoms with Crippen LogP contribution in [0.4, 0.5) is 0 Å². The number of likely N-dealkylation sites (N-methyl/N-ethyl adjacent to an activating group) is 1. The van der Waals surface area contributed by atoms with Gasteiger partial charge in [-0.05, 0) is 48.4 Å². The van der Waals surface area contributed by atoms with Gasteiger partial charge in [0.05, 0.1) is 23.9 Å². The molecular weight excluding hydrogens is 380 g/mol. The van der Waals surface area contributed by atoms with E-state index in [1.54, 1.807) is 11.7 Å². The molecule has 0 saturated heterocycles. The number of hydrogen-bond donors (Lipinski definition) is 0. The van der Waals surface area contributed by atoms with Crippen LogP contribution in [0.2, 0.25) is 0 Å². The van der Waals surface area contributed by atoms with E-state index in [0.29, 0.717) is 5.16 Å². The molecule has 0 N–H and O–H groups in total. The van der Waals surface area contributed by atoms with Crippen molar-refractivity contribution in [1.82, 2.24) is 25.1 Å². The van der Waals surface area contributed by atoms with Gasteiger partial charge in [0.1, 0.15) is 0 Å². The summed E-state index contributed by atoms with van der Waals surface area (Å²) >= 11 is 1.13. The summed E-state index contributed by atoms with van der Waals surface area (Å²) < 4.78 is 6.76. The molecule has 2 aromatic rings. The highest BCUT2D eigenvalue weighted by Gasteiger charge is 2.22. The fourth-order valence-electron chi connectivity index (χ4n) is 2.41. The minimum absolute atomic E-state index is 0.0369. The predicted molar refractivity (Wildman–Crippen MR) is 103 cm³/mol. The Kier molecular flexibility index (Phi) is 7.52. The summed E-state index contributed by atoms with van der Waals surface area (Å²) in [6.07, 6.45) is -0.702. The summed E-state index contributed by atoms with van der Waals surface area (Å²) in [7, 11) is 1.57. The Morgan fingerprint density at radius 2 is 2.14 bits per heavy atom. The highest BCUT2D eigenvalue weighted by atomic mass is 32.2. The van der Waals surface area contributed by atoms with Crippen molar-refractivity contribution in [3.8, 4) is 11.8 Å². The van der Waals surface area contributed by atoms with Crippen molar-refractivity contribution in [2.75, 3.05) is 19.3 Å². The van der Waals surface area contributed by atoms with Crippen LogP contribution in [0.25, 0.3) is 5.69 Å². The molecule has 10 heteroatoms. The fourth-order valence-corrected chi connectivity index (χ4v) is 3.08. The molecule has 28 heavy (non-hydrogen) atoms. The van der Waals surface area contributed by atoms with Gasteiger partial charge in [0.25, 0.3) is 5.91 Å². The molecule has 1 aromatic heterocycles. The van der Waals surface area contributed by atoms with Gasteiger partial charge in [-0.1, -0.05) is 23.9 Å². The zero-order chi connectivity index (χ0) is 20.7. The molecule has 1 atom stereocenters. The van der Waals surface area contributed by atoms with E-state index in [1.165, 1.54) is 11.8 Å². The van der Waals surface area contributed by atoms with E-state index < -0.39 is 12.1 Å². The van der Waals surface area contributed by atoms with Crippen LogP contribution in [-0.2, 0) is 14.3 Å². The number of aryl methyl sites for hydroxylation is 2. The quantitative estimate of drug-likeness (QED) is 0.484. The summed E-state index contributed by atoms with van der Waals surface area (Å²) in [5.41, 5.74) is 2.91. The summed E-state index contributed by atoms with van der Waals surface area (Å²) in [5.74, 6) is -0.936. The first-order valence-electron chi connectivity index (χ1n) is 8.63. The number of tetrazole rings is 1. The first kappa shape index (κ1) is 21.4. The molecule has 1 aromatic carbocycles. The molecule has 2 rings (SSSR count). The smallest absolute Gasteiger partial charge is 0.317 e. The molecule has 0 bridgehead atoms. The number of hydrogen-bond acceptors (Lipinski definition) is 8. The number of ether oxygens (including phenoxy) is 1. The van der Waals surface area contributed by atoms with Crippen molar-refractivity contribution >= 4 is 23.6 Å². The van der Waals surface area contributed by atoms with Crippen molar-refractivity contribution < 1.29 is 14.3 Å². The predicted octanol–water partition coefficient (Wildman–Crippen LogP) is 1.68. The zero-order valence-electron chi connectivity index (χ0n) is 16.2. The Morgan fingerprint density at radius 3 is 2.86 bits per heavy atom. The van der Waals surface area contributed by atoms with E-state index in [2.05, 4.69) is 15.5 Å². The highest BCUT2D eigenvalue weighted by Crippen LogP contribution is 2.21. The van der Waals surface area contributed by atoms with Gasteiger partial charge in [-0.2, -0.15) is 9.94 Å². The number of rotatable bonds is 8. The molecule has 1 amide bonds. The number of nitriles is 1. The maximum atomic E-state index is 12.1.